The van der Waals surface area contributed by atoms with E-state index in [0.717, 1.165) is 41.1 Å². The Balaban J connectivity index is 1.42. The third-order valence-corrected chi connectivity index (χ3v) is 6.93. The summed E-state index contributed by atoms with van der Waals surface area (Å²) in [6.45, 7) is 6.89. The van der Waals surface area contributed by atoms with E-state index in [9.17, 15) is 9.59 Å². The number of aromatic nitrogens is 3. The summed E-state index contributed by atoms with van der Waals surface area (Å²) in [5.74, 6) is 1.11. The molecule has 0 aliphatic heterocycles. The first-order valence-corrected chi connectivity index (χ1v) is 13.9. The molecule has 202 valence electrons. The molecule has 0 aliphatic rings. The van der Waals surface area contributed by atoms with Crippen LogP contribution in [0.2, 0.25) is 0 Å². The number of carbonyl (C=O) groups excluding carboxylic acids is 2. The van der Waals surface area contributed by atoms with Crippen molar-refractivity contribution < 1.29 is 14.3 Å². The minimum Gasteiger partial charge on any atom is -0.494 e. The average Bonchev–Trinajstić information content (AvgIpc) is 3.36. The van der Waals surface area contributed by atoms with Gasteiger partial charge in [-0.2, -0.15) is 0 Å². The third-order valence-electron chi connectivity index (χ3n) is 6.00. The molecule has 2 N–H and O–H groups in total. The lowest BCUT2D eigenvalue weighted by Crippen LogP contribution is -2.24. The molecule has 1 aromatic heterocycles. The lowest BCUT2D eigenvalue weighted by Gasteiger charge is -2.12. The molecule has 0 atom stereocenters. The molecule has 1 heterocycles. The average molecular weight is 544 g/mol. The van der Waals surface area contributed by atoms with Crippen molar-refractivity contribution in [3.63, 3.8) is 0 Å². The van der Waals surface area contributed by atoms with E-state index in [2.05, 4.69) is 27.8 Å². The molecule has 0 fully saturated rings. The molecule has 39 heavy (non-hydrogen) atoms. The molecule has 8 nitrogen and oxygen atoms in total. The minimum absolute atomic E-state index is 0.131. The van der Waals surface area contributed by atoms with Crippen LogP contribution in [-0.2, 0) is 11.3 Å². The van der Waals surface area contributed by atoms with Crippen LogP contribution in [0.1, 0.15) is 47.1 Å². The molecule has 0 radical (unpaired) electrons. The maximum Gasteiger partial charge on any atom is 0.251 e. The molecule has 0 saturated heterocycles. The van der Waals surface area contributed by atoms with Crippen molar-refractivity contribution in [2.24, 2.45) is 0 Å². The van der Waals surface area contributed by atoms with Crippen LogP contribution in [-0.4, -0.2) is 38.9 Å². The number of benzene rings is 3. The largest absolute Gasteiger partial charge is 0.494 e. The lowest BCUT2D eigenvalue weighted by molar-refractivity contribution is -0.113. The predicted molar refractivity (Wildman–Crippen MR) is 155 cm³/mol. The van der Waals surface area contributed by atoms with Gasteiger partial charge in [-0.3, -0.25) is 14.2 Å². The summed E-state index contributed by atoms with van der Waals surface area (Å²) in [7, 11) is 0. The van der Waals surface area contributed by atoms with Crippen molar-refractivity contribution in [3.05, 3.63) is 95.3 Å². The molecule has 0 aliphatic carbocycles. The van der Waals surface area contributed by atoms with Gasteiger partial charge in [0.2, 0.25) is 5.91 Å². The number of anilines is 1. The lowest BCUT2D eigenvalue weighted by atomic mass is 10.1. The zero-order chi connectivity index (χ0) is 27.6. The predicted octanol–water partition coefficient (Wildman–Crippen LogP) is 5.72. The molecule has 3 aromatic carbocycles. The number of para-hydroxylation sites is 1. The van der Waals surface area contributed by atoms with E-state index in [1.165, 1.54) is 11.8 Å². The van der Waals surface area contributed by atoms with Gasteiger partial charge in [-0.1, -0.05) is 55.4 Å². The van der Waals surface area contributed by atoms with Gasteiger partial charge >= 0.3 is 0 Å². The Morgan fingerprint density at radius 2 is 1.74 bits per heavy atom. The maximum absolute atomic E-state index is 12.8. The summed E-state index contributed by atoms with van der Waals surface area (Å²) in [5, 5.41) is 15.1. The van der Waals surface area contributed by atoms with E-state index in [0.29, 0.717) is 23.2 Å². The van der Waals surface area contributed by atoms with Crippen molar-refractivity contribution in [1.82, 2.24) is 20.1 Å². The molecular formula is C30H33N5O3S. The van der Waals surface area contributed by atoms with Crippen LogP contribution in [0.3, 0.4) is 0 Å². The molecule has 0 saturated carbocycles. The highest BCUT2D eigenvalue weighted by molar-refractivity contribution is 7.99. The summed E-state index contributed by atoms with van der Waals surface area (Å²) in [6.07, 6.45) is 2.05. The van der Waals surface area contributed by atoms with E-state index in [-0.39, 0.29) is 24.1 Å². The maximum atomic E-state index is 12.8. The van der Waals surface area contributed by atoms with Crippen LogP contribution in [0.5, 0.6) is 5.75 Å². The number of ether oxygens (including phenoxy) is 1. The second-order valence-corrected chi connectivity index (χ2v) is 10.1. The van der Waals surface area contributed by atoms with E-state index >= 15 is 0 Å². The fourth-order valence-corrected chi connectivity index (χ4v) is 4.60. The summed E-state index contributed by atoms with van der Waals surface area (Å²) in [5.41, 5.74) is 4.26. The van der Waals surface area contributed by atoms with E-state index in [1.807, 2.05) is 66.9 Å². The van der Waals surface area contributed by atoms with Crippen molar-refractivity contribution in [1.29, 1.82) is 0 Å². The number of unbranched alkanes of at least 4 members (excludes halogenated alkanes) is 1. The Labute approximate surface area is 233 Å². The fourth-order valence-electron chi connectivity index (χ4n) is 3.83. The molecule has 4 aromatic rings. The van der Waals surface area contributed by atoms with Crippen LogP contribution >= 0.6 is 11.8 Å². The van der Waals surface area contributed by atoms with Gasteiger partial charge < -0.3 is 15.4 Å². The number of thioether (sulfide) groups is 1. The van der Waals surface area contributed by atoms with Crippen LogP contribution in [0.25, 0.3) is 5.69 Å². The second-order valence-electron chi connectivity index (χ2n) is 9.13. The van der Waals surface area contributed by atoms with Crippen LogP contribution in [0.4, 0.5) is 5.69 Å². The zero-order valence-electron chi connectivity index (χ0n) is 22.4. The van der Waals surface area contributed by atoms with E-state index in [4.69, 9.17) is 4.74 Å². The molecular weight excluding hydrogens is 510 g/mol. The first-order valence-electron chi connectivity index (χ1n) is 12.9. The molecule has 2 amide bonds. The quantitative estimate of drug-likeness (QED) is 0.175. The Hall–Kier alpha value is -4.11. The Morgan fingerprint density at radius 1 is 0.974 bits per heavy atom. The van der Waals surface area contributed by atoms with E-state index in [1.54, 1.807) is 24.3 Å². The number of hydrogen-bond donors (Lipinski definition) is 2. The normalized spacial score (nSPS) is 10.7. The van der Waals surface area contributed by atoms with Gasteiger partial charge in [0.15, 0.2) is 11.0 Å². The number of amides is 2. The van der Waals surface area contributed by atoms with Gasteiger partial charge in [0.25, 0.3) is 5.91 Å². The first kappa shape index (κ1) is 27.9. The van der Waals surface area contributed by atoms with Gasteiger partial charge in [-0.25, -0.2) is 0 Å². The highest BCUT2D eigenvalue weighted by Crippen LogP contribution is 2.23. The molecule has 4 rings (SSSR count). The van der Waals surface area contributed by atoms with Gasteiger partial charge in [-0.05, 0) is 73.9 Å². The molecule has 0 unspecified atom stereocenters. The first-order chi connectivity index (χ1) is 18.9. The standard InChI is InChI=1S/C30H33N5O3S/c1-4-5-17-38-25-15-13-23(14-16-25)29(37)31-19-27-33-34-30(35(27)24-9-7-6-8-10-24)39-20-28(36)32-26-18-21(2)11-12-22(26)3/h6-16,18H,4-5,17,19-20H2,1-3H3,(H,31,37)(H,32,36). The van der Waals surface area contributed by atoms with Gasteiger partial charge in [-0.15, -0.1) is 10.2 Å². The zero-order valence-corrected chi connectivity index (χ0v) is 23.3. The Kier molecular flexibility index (Phi) is 9.74. The summed E-state index contributed by atoms with van der Waals surface area (Å²) >= 11 is 1.29. The highest BCUT2D eigenvalue weighted by Gasteiger charge is 2.17. The van der Waals surface area contributed by atoms with Gasteiger partial charge in [0.1, 0.15) is 5.75 Å². The Morgan fingerprint density at radius 3 is 2.49 bits per heavy atom. The minimum atomic E-state index is -0.222. The van der Waals surface area contributed by atoms with Crippen molar-refractivity contribution >= 4 is 29.3 Å². The van der Waals surface area contributed by atoms with Crippen molar-refractivity contribution in [2.45, 2.75) is 45.3 Å². The summed E-state index contributed by atoms with van der Waals surface area (Å²) in [4.78, 5) is 25.5. The van der Waals surface area contributed by atoms with Crippen LogP contribution in [0, 0.1) is 13.8 Å². The fraction of sp³-hybridized carbons (Fsp3) is 0.267. The number of aryl methyl sites for hydroxylation is 2. The van der Waals surface area contributed by atoms with Gasteiger partial charge in [0.05, 0.1) is 18.9 Å². The highest BCUT2D eigenvalue weighted by atomic mass is 32.2. The molecule has 9 heteroatoms. The third kappa shape index (κ3) is 7.70. The monoisotopic (exact) mass is 543 g/mol. The molecule has 0 bridgehead atoms. The number of nitrogens with zero attached hydrogens (tertiary/aromatic N) is 3. The number of rotatable bonds is 12. The van der Waals surface area contributed by atoms with Crippen LogP contribution in [0.15, 0.2) is 78.0 Å². The molecule has 0 spiro atoms. The number of nitrogens with one attached hydrogen (secondary N) is 2. The Bertz CT molecular complexity index is 1400. The second kappa shape index (κ2) is 13.6. The van der Waals surface area contributed by atoms with Crippen molar-refractivity contribution in [2.75, 3.05) is 17.7 Å². The SMILES string of the molecule is CCCCOc1ccc(C(=O)NCc2nnc(SCC(=O)Nc3cc(C)ccc3C)n2-c2ccccc2)cc1. The van der Waals surface area contributed by atoms with Crippen LogP contribution < -0.4 is 15.4 Å². The smallest absolute Gasteiger partial charge is 0.251 e. The van der Waals surface area contributed by atoms with Crippen molar-refractivity contribution in [3.8, 4) is 11.4 Å². The summed E-state index contributed by atoms with van der Waals surface area (Å²) in [6, 6.07) is 22.7. The number of hydrogen-bond acceptors (Lipinski definition) is 6. The number of carbonyl (C=O) groups is 2. The topological polar surface area (TPSA) is 98.1 Å². The summed E-state index contributed by atoms with van der Waals surface area (Å²) < 4.78 is 7.54. The van der Waals surface area contributed by atoms with Gasteiger partial charge in [0, 0.05) is 16.9 Å². The van der Waals surface area contributed by atoms with E-state index < -0.39 is 0 Å².